The van der Waals surface area contributed by atoms with Gasteiger partial charge in [-0.05, 0) is 35.0 Å². The molecule has 0 amide bonds. The first-order valence-corrected chi connectivity index (χ1v) is 6.03. The van der Waals surface area contributed by atoms with Gasteiger partial charge in [-0.3, -0.25) is 5.43 Å². The lowest BCUT2D eigenvalue weighted by atomic mass is 10.3. The largest absolute Gasteiger partial charge is 0.346 e. The molecular formula is C12H10BrN5. The summed E-state index contributed by atoms with van der Waals surface area (Å²) in [5.74, 6) is 0. The first kappa shape index (κ1) is 12.3. The van der Waals surface area contributed by atoms with Gasteiger partial charge in [-0.1, -0.05) is 6.08 Å². The van der Waals surface area contributed by atoms with Gasteiger partial charge in [0.15, 0.2) is 5.71 Å². The minimum atomic E-state index is 0.290. The van der Waals surface area contributed by atoms with E-state index in [2.05, 4.69) is 36.4 Å². The van der Waals surface area contributed by atoms with Crippen molar-refractivity contribution in [3.8, 4) is 6.07 Å². The lowest BCUT2D eigenvalue weighted by molar-refractivity contribution is 1.30. The number of hydrazone groups is 1. The second-order valence-electron chi connectivity index (χ2n) is 3.42. The predicted octanol–water partition coefficient (Wildman–Crippen LogP) is 3.15. The summed E-state index contributed by atoms with van der Waals surface area (Å²) in [5, 5.41) is 14.0. The van der Waals surface area contributed by atoms with Crippen LogP contribution in [0.4, 0.5) is 5.69 Å². The number of H-pyrrole nitrogens is 1. The van der Waals surface area contributed by atoms with Crippen molar-refractivity contribution >= 4 is 38.4 Å². The number of nitriles is 1. The van der Waals surface area contributed by atoms with Crippen molar-refractivity contribution in [1.29, 1.82) is 5.26 Å². The Bertz CT molecular complexity index is 662. The van der Waals surface area contributed by atoms with Crippen molar-refractivity contribution in [2.75, 3.05) is 5.43 Å². The number of pyridine rings is 1. The molecule has 0 atom stereocenters. The van der Waals surface area contributed by atoms with Crippen LogP contribution in [-0.2, 0) is 0 Å². The fourth-order valence-corrected chi connectivity index (χ4v) is 1.62. The molecule has 0 fully saturated rings. The molecule has 0 radical (unpaired) electrons. The highest BCUT2D eigenvalue weighted by Gasteiger charge is 2.04. The van der Waals surface area contributed by atoms with E-state index in [1.165, 1.54) is 0 Å². The van der Waals surface area contributed by atoms with Gasteiger partial charge >= 0.3 is 0 Å². The number of fused-ring (bicyclic) bond motifs is 1. The van der Waals surface area contributed by atoms with Gasteiger partial charge in [-0.25, -0.2) is 4.98 Å². The lowest BCUT2D eigenvalue weighted by Gasteiger charge is -2.02. The number of aromatic amines is 1. The van der Waals surface area contributed by atoms with E-state index in [1.54, 1.807) is 24.5 Å². The fraction of sp³-hybridized carbons (Fsp3) is 0.0833. The topological polar surface area (TPSA) is 76.9 Å². The van der Waals surface area contributed by atoms with Crippen LogP contribution < -0.4 is 5.43 Å². The van der Waals surface area contributed by atoms with Crippen LogP contribution in [0.25, 0.3) is 11.0 Å². The summed E-state index contributed by atoms with van der Waals surface area (Å²) in [6.07, 6.45) is 5.25. The first-order valence-electron chi connectivity index (χ1n) is 5.24. The van der Waals surface area contributed by atoms with Crippen molar-refractivity contribution < 1.29 is 0 Å². The second kappa shape index (κ2) is 5.47. The Kier molecular flexibility index (Phi) is 3.75. The van der Waals surface area contributed by atoms with Crippen LogP contribution in [0.5, 0.6) is 0 Å². The summed E-state index contributed by atoms with van der Waals surface area (Å²) >= 11 is 3.27. The third-order valence-corrected chi connectivity index (χ3v) is 3.17. The van der Waals surface area contributed by atoms with Crippen LogP contribution in [0.3, 0.4) is 0 Å². The summed E-state index contributed by atoms with van der Waals surface area (Å²) in [5.41, 5.74) is 4.74. The molecule has 0 bridgehead atoms. The SMILES string of the molecule is C/C=C(Br)\C(C#N)=N/Nc1ccnc2[nH]ccc12. The maximum absolute atomic E-state index is 8.97. The highest BCUT2D eigenvalue weighted by atomic mass is 79.9. The Balaban J connectivity index is 2.32. The van der Waals surface area contributed by atoms with Gasteiger partial charge in [-0.15, -0.1) is 0 Å². The third kappa shape index (κ3) is 2.41. The first-order chi connectivity index (χ1) is 8.76. The van der Waals surface area contributed by atoms with Crippen LogP contribution in [0.1, 0.15) is 6.92 Å². The van der Waals surface area contributed by atoms with Crippen molar-refractivity contribution in [2.45, 2.75) is 6.92 Å². The summed E-state index contributed by atoms with van der Waals surface area (Å²) in [6, 6.07) is 5.72. The van der Waals surface area contributed by atoms with Crippen LogP contribution >= 0.6 is 15.9 Å². The van der Waals surface area contributed by atoms with Crippen molar-refractivity contribution in [3.63, 3.8) is 0 Å². The molecule has 0 saturated carbocycles. The molecule has 2 aromatic rings. The molecule has 2 aromatic heterocycles. The van der Waals surface area contributed by atoms with Crippen LogP contribution in [0, 0.1) is 11.3 Å². The Morgan fingerprint density at radius 2 is 2.44 bits per heavy atom. The zero-order valence-corrected chi connectivity index (χ0v) is 11.2. The van der Waals surface area contributed by atoms with Crippen LogP contribution in [0.2, 0.25) is 0 Å². The minimum Gasteiger partial charge on any atom is -0.346 e. The van der Waals surface area contributed by atoms with Crippen molar-refractivity contribution in [2.24, 2.45) is 5.10 Å². The average molecular weight is 304 g/mol. The zero-order chi connectivity index (χ0) is 13.0. The normalized spacial score (nSPS) is 12.5. The van der Waals surface area contributed by atoms with Gasteiger partial charge in [0.25, 0.3) is 0 Å². The summed E-state index contributed by atoms with van der Waals surface area (Å²) in [6.45, 7) is 1.83. The molecule has 2 heterocycles. The minimum absolute atomic E-state index is 0.290. The smallest absolute Gasteiger partial charge is 0.174 e. The quantitative estimate of drug-likeness (QED) is 0.675. The molecule has 18 heavy (non-hydrogen) atoms. The number of hydrogen-bond acceptors (Lipinski definition) is 4. The van der Waals surface area contributed by atoms with E-state index in [1.807, 2.05) is 19.1 Å². The molecular weight excluding hydrogens is 294 g/mol. The van der Waals surface area contributed by atoms with E-state index >= 15 is 0 Å². The number of hydrogen-bond donors (Lipinski definition) is 2. The fourth-order valence-electron chi connectivity index (χ4n) is 1.44. The summed E-state index contributed by atoms with van der Waals surface area (Å²) < 4.78 is 0.650. The van der Waals surface area contributed by atoms with Gasteiger partial charge < -0.3 is 4.98 Å². The van der Waals surface area contributed by atoms with E-state index in [-0.39, 0.29) is 5.71 Å². The van der Waals surface area contributed by atoms with E-state index in [4.69, 9.17) is 5.26 Å². The van der Waals surface area contributed by atoms with E-state index in [0.717, 1.165) is 16.7 Å². The monoisotopic (exact) mass is 303 g/mol. The maximum atomic E-state index is 8.97. The summed E-state index contributed by atoms with van der Waals surface area (Å²) in [4.78, 5) is 7.18. The molecule has 2 rings (SSSR count). The standard InChI is InChI=1S/C12H10BrN5/c1-2-9(13)11(7-14)18-17-10-4-6-16-12-8(10)3-5-15-12/h2-6H,1H3,(H2,15,16,17)/b9-2+,18-11-. The lowest BCUT2D eigenvalue weighted by Crippen LogP contribution is -1.99. The van der Waals surface area contributed by atoms with Gasteiger partial charge in [0.2, 0.25) is 0 Å². The highest BCUT2D eigenvalue weighted by Crippen LogP contribution is 2.20. The van der Waals surface area contributed by atoms with E-state index in [9.17, 15) is 0 Å². The molecule has 0 saturated heterocycles. The van der Waals surface area contributed by atoms with Gasteiger partial charge in [0.1, 0.15) is 11.7 Å². The molecule has 0 aromatic carbocycles. The number of halogens is 1. The van der Waals surface area contributed by atoms with E-state index in [0.29, 0.717) is 4.48 Å². The Labute approximate surface area is 112 Å². The number of rotatable bonds is 3. The Morgan fingerprint density at radius 1 is 1.61 bits per heavy atom. The number of nitrogens with one attached hydrogen (secondary N) is 2. The number of allylic oxidation sites excluding steroid dienone is 2. The van der Waals surface area contributed by atoms with Crippen molar-refractivity contribution in [1.82, 2.24) is 9.97 Å². The molecule has 6 heteroatoms. The zero-order valence-electron chi connectivity index (χ0n) is 9.61. The van der Waals surface area contributed by atoms with Gasteiger partial charge in [0, 0.05) is 17.8 Å². The molecule has 2 N–H and O–H groups in total. The Hall–Kier alpha value is -2.13. The second-order valence-corrected chi connectivity index (χ2v) is 4.27. The molecule has 5 nitrogen and oxygen atoms in total. The number of aromatic nitrogens is 2. The number of anilines is 1. The third-order valence-electron chi connectivity index (χ3n) is 2.33. The number of nitrogens with zero attached hydrogens (tertiary/aromatic N) is 3. The Morgan fingerprint density at radius 3 is 3.17 bits per heavy atom. The summed E-state index contributed by atoms with van der Waals surface area (Å²) in [7, 11) is 0. The highest BCUT2D eigenvalue weighted by molar-refractivity contribution is 9.12. The maximum Gasteiger partial charge on any atom is 0.174 e. The van der Waals surface area contributed by atoms with Crippen LogP contribution in [-0.4, -0.2) is 15.7 Å². The molecule has 0 unspecified atom stereocenters. The molecule has 90 valence electrons. The molecule has 0 aliphatic rings. The molecule has 0 spiro atoms. The van der Waals surface area contributed by atoms with Crippen molar-refractivity contribution in [3.05, 3.63) is 35.1 Å². The molecule has 0 aliphatic carbocycles. The predicted molar refractivity (Wildman–Crippen MR) is 75.4 cm³/mol. The van der Waals surface area contributed by atoms with Gasteiger partial charge in [0.05, 0.1) is 10.2 Å². The molecule has 0 aliphatic heterocycles. The van der Waals surface area contributed by atoms with E-state index < -0.39 is 0 Å². The van der Waals surface area contributed by atoms with Crippen LogP contribution in [0.15, 0.2) is 40.2 Å². The average Bonchev–Trinajstić information content (AvgIpc) is 2.88. The van der Waals surface area contributed by atoms with Gasteiger partial charge in [-0.2, -0.15) is 10.4 Å².